The zero-order valence-electron chi connectivity index (χ0n) is 7.28. The lowest BCUT2D eigenvalue weighted by atomic mass is 10.1. The molecule has 3 heteroatoms. The van der Waals surface area contributed by atoms with Crippen molar-refractivity contribution in [1.82, 2.24) is 10.6 Å². The van der Waals surface area contributed by atoms with Crippen molar-refractivity contribution in [3.8, 4) is 0 Å². The summed E-state index contributed by atoms with van der Waals surface area (Å²) in [5.41, 5.74) is 2.00. The predicted molar refractivity (Wildman–Crippen MR) is 47.1 cm³/mol. The van der Waals surface area contributed by atoms with Gasteiger partial charge in [0.1, 0.15) is 5.82 Å². The fourth-order valence-corrected chi connectivity index (χ4v) is 1.35. The SMILES string of the molecule is [2H]N1C2=NC1=C1C=CC=CC=C1N2. The van der Waals surface area contributed by atoms with Gasteiger partial charge in [-0.3, -0.25) is 0 Å². The van der Waals surface area contributed by atoms with Gasteiger partial charge in [-0.2, -0.15) is 4.99 Å². The summed E-state index contributed by atoms with van der Waals surface area (Å²) < 4.78 is 7.52. The van der Waals surface area contributed by atoms with E-state index in [1.54, 1.807) is 0 Å². The molecule has 4 rings (SSSR count). The maximum Gasteiger partial charge on any atom is 0.208 e. The largest absolute Gasteiger partial charge is 0.325 e. The van der Waals surface area contributed by atoms with Crippen LogP contribution in [0.5, 0.6) is 0 Å². The molecule has 0 aromatic rings. The lowest BCUT2D eigenvalue weighted by molar-refractivity contribution is 0.841. The van der Waals surface area contributed by atoms with Gasteiger partial charge in [-0.1, -0.05) is 18.2 Å². The molecule has 4 aliphatic rings. The smallest absolute Gasteiger partial charge is 0.208 e. The first-order valence-electron chi connectivity index (χ1n) is 4.25. The van der Waals surface area contributed by atoms with E-state index in [0.29, 0.717) is 5.96 Å². The third-order valence-corrected chi connectivity index (χ3v) is 1.95. The van der Waals surface area contributed by atoms with Gasteiger partial charge in [0, 0.05) is 5.57 Å². The van der Waals surface area contributed by atoms with E-state index in [1.165, 1.54) is 5.31 Å². The van der Waals surface area contributed by atoms with Crippen LogP contribution in [0.3, 0.4) is 0 Å². The fourth-order valence-electron chi connectivity index (χ4n) is 1.35. The molecule has 3 nitrogen and oxygen atoms in total. The third kappa shape index (κ3) is 0.625. The topological polar surface area (TPSA) is 36.4 Å². The molecule has 0 saturated carbocycles. The van der Waals surface area contributed by atoms with E-state index < -0.39 is 0 Å². The Morgan fingerprint density at radius 1 is 1.33 bits per heavy atom. The Morgan fingerprint density at radius 3 is 3.25 bits per heavy atom. The molecule has 0 aromatic carbocycles. The van der Waals surface area contributed by atoms with Crippen LogP contribution < -0.4 is 10.6 Å². The number of guanidine groups is 1. The highest BCUT2D eigenvalue weighted by atomic mass is 15.3. The van der Waals surface area contributed by atoms with Crippen LogP contribution in [0, 0.1) is 0 Å². The van der Waals surface area contributed by atoms with Gasteiger partial charge in [0.05, 0.1) is 5.70 Å². The van der Waals surface area contributed by atoms with Gasteiger partial charge >= 0.3 is 0 Å². The van der Waals surface area contributed by atoms with Crippen LogP contribution >= 0.6 is 0 Å². The summed E-state index contributed by atoms with van der Waals surface area (Å²) in [6.07, 6.45) is 9.80. The van der Waals surface area contributed by atoms with Gasteiger partial charge in [0.2, 0.25) is 5.96 Å². The van der Waals surface area contributed by atoms with Crippen LogP contribution in [0.2, 0.25) is 1.41 Å². The molecule has 12 heavy (non-hydrogen) atoms. The average Bonchev–Trinajstić information content (AvgIpc) is 2.40. The molecule has 0 spiro atoms. The van der Waals surface area contributed by atoms with Crippen LogP contribution in [0.1, 0.15) is 0 Å². The number of hydrogen-bond acceptors (Lipinski definition) is 3. The molecule has 1 aliphatic carbocycles. The van der Waals surface area contributed by atoms with E-state index in [-0.39, 0.29) is 0 Å². The third-order valence-electron chi connectivity index (χ3n) is 1.95. The number of rotatable bonds is 0. The standard InChI is InChI=1S/C9H7N3/c1-2-4-6-7(5-3-1)10-9-11-8(6)12-9/h1-5H,(H2,10,11,12)/i/hD. The van der Waals surface area contributed by atoms with Crippen molar-refractivity contribution in [3.63, 3.8) is 0 Å². The quantitative estimate of drug-likeness (QED) is 0.546. The first-order chi connectivity index (χ1) is 6.36. The zero-order valence-corrected chi connectivity index (χ0v) is 6.28. The lowest BCUT2D eigenvalue weighted by Crippen LogP contribution is -2.48. The Bertz CT molecular complexity index is 426. The highest BCUT2D eigenvalue weighted by Crippen LogP contribution is 2.24. The summed E-state index contributed by atoms with van der Waals surface area (Å²) in [4.78, 5) is 4.14. The van der Waals surface area contributed by atoms with Gasteiger partial charge in [0.15, 0.2) is 1.41 Å². The highest BCUT2D eigenvalue weighted by Gasteiger charge is 2.25. The van der Waals surface area contributed by atoms with E-state index in [9.17, 15) is 0 Å². The summed E-state index contributed by atoms with van der Waals surface area (Å²) in [6.45, 7) is 0. The molecule has 0 unspecified atom stereocenters. The molecule has 0 amide bonds. The van der Waals surface area contributed by atoms with Crippen molar-refractivity contribution >= 4 is 5.96 Å². The highest BCUT2D eigenvalue weighted by molar-refractivity contribution is 5.93. The van der Waals surface area contributed by atoms with Crippen LogP contribution in [-0.2, 0) is 0 Å². The Morgan fingerprint density at radius 2 is 2.33 bits per heavy atom. The summed E-state index contributed by atoms with van der Waals surface area (Å²) >= 11 is 0. The molecule has 2 bridgehead atoms. The van der Waals surface area contributed by atoms with Crippen molar-refractivity contribution in [2.75, 3.05) is 0 Å². The molecule has 58 valence electrons. The molecule has 0 radical (unpaired) electrons. The van der Waals surface area contributed by atoms with Crippen LogP contribution in [0.15, 0.2) is 52.5 Å². The molecule has 0 atom stereocenters. The first-order valence-corrected chi connectivity index (χ1v) is 3.81. The van der Waals surface area contributed by atoms with Crippen molar-refractivity contribution < 1.29 is 1.41 Å². The van der Waals surface area contributed by atoms with Crippen LogP contribution in [0.4, 0.5) is 0 Å². The average molecular weight is 158 g/mol. The first kappa shape index (κ1) is 4.98. The number of nitrogens with one attached hydrogen (secondary N) is 2. The van der Waals surface area contributed by atoms with Gasteiger partial charge in [0.25, 0.3) is 0 Å². The summed E-state index contributed by atoms with van der Waals surface area (Å²) in [7, 11) is 0. The Balaban J connectivity index is 2.20. The van der Waals surface area contributed by atoms with E-state index in [0.717, 1.165) is 17.1 Å². The second-order valence-corrected chi connectivity index (χ2v) is 2.73. The Labute approximate surface area is 71.3 Å². The molecule has 0 fully saturated rings. The summed E-state index contributed by atoms with van der Waals surface area (Å²) in [5.74, 6) is 1.33. The second-order valence-electron chi connectivity index (χ2n) is 2.73. The van der Waals surface area contributed by atoms with Crippen molar-refractivity contribution in [2.45, 2.75) is 0 Å². The Hall–Kier alpha value is -1.77. The van der Waals surface area contributed by atoms with E-state index in [2.05, 4.69) is 10.3 Å². The number of aliphatic imine (C=N–C) groups is 1. The minimum absolute atomic E-state index is 0.605. The van der Waals surface area contributed by atoms with Crippen LogP contribution in [0.25, 0.3) is 0 Å². The van der Waals surface area contributed by atoms with Gasteiger partial charge in [-0.25, -0.2) is 0 Å². The zero-order chi connectivity index (χ0) is 8.84. The van der Waals surface area contributed by atoms with Crippen molar-refractivity contribution in [1.29, 1.82) is 0 Å². The fraction of sp³-hybridized carbons (Fsp3) is 0. The number of nitrogens with zero attached hydrogens (tertiary/aromatic N) is 1. The van der Waals surface area contributed by atoms with Gasteiger partial charge in [-0.05, 0) is 12.2 Å². The number of allylic oxidation sites excluding steroid dienone is 5. The normalized spacial score (nSPS) is 24.7. The van der Waals surface area contributed by atoms with Gasteiger partial charge < -0.3 is 10.6 Å². The predicted octanol–water partition coefficient (Wildman–Crippen LogP) is 0.770. The second kappa shape index (κ2) is 1.88. The van der Waals surface area contributed by atoms with E-state index in [1.807, 2.05) is 30.4 Å². The number of hydrogen-bond donors (Lipinski definition) is 2. The molecule has 2 N–H and O–H groups in total. The lowest BCUT2D eigenvalue weighted by Gasteiger charge is -2.30. The minimum Gasteiger partial charge on any atom is -0.325 e. The Kier molecular flexibility index (Phi) is 0.781. The molecule has 3 heterocycles. The minimum atomic E-state index is 0.605. The monoisotopic (exact) mass is 158 g/mol. The molecular weight excluding hydrogens is 150 g/mol. The van der Waals surface area contributed by atoms with Crippen molar-refractivity contribution in [2.24, 2.45) is 4.99 Å². The van der Waals surface area contributed by atoms with E-state index in [4.69, 9.17) is 1.41 Å². The summed E-state index contributed by atoms with van der Waals surface area (Å²) in [5, 5.41) is 4.37. The van der Waals surface area contributed by atoms with Gasteiger partial charge in [-0.15, -0.1) is 0 Å². The molecule has 0 aromatic heterocycles. The molecular formula is C9H7N3. The van der Waals surface area contributed by atoms with Crippen molar-refractivity contribution in [3.05, 3.63) is 47.5 Å². The van der Waals surface area contributed by atoms with Crippen LogP contribution in [-0.4, -0.2) is 5.96 Å². The molecule has 3 aliphatic heterocycles. The van der Waals surface area contributed by atoms with E-state index >= 15 is 0 Å². The molecule has 0 saturated heterocycles. The summed E-state index contributed by atoms with van der Waals surface area (Å²) in [6, 6.07) is 0. The maximum atomic E-state index is 7.52. The maximum absolute atomic E-state index is 7.52.